The molecule has 0 saturated carbocycles. The lowest BCUT2D eigenvalue weighted by Gasteiger charge is -2.20. The van der Waals surface area contributed by atoms with Crippen molar-refractivity contribution in [1.82, 2.24) is 10.2 Å². The predicted molar refractivity (Wildman–Crippen MR) is 71.0 cm³/mol. The van der Waals surface area contributed by atoms with Gasteiger partial charge < -0.3 is 15.0 Å². The highest BCUT2D eigenvalue weighted by atomic mass is 16.5. The topological polar surface area (TPSA) is 58.4 Å². The largest absolute Gasteiger partial charge is 0.461 e. The van der Waals surface area contributed by atoms with Crippen LogP contribution >= 0.6 is 0 Å². The zero-order valence-electron chi connectivity index (χ0n) is 12.1. The van der Waals surface area contributed by atoms with Gasteiger partial charge in [-0.15, -0.1) is 0 Å². The second-order valence-electron chi connectivity index (χ2n) is 6.09. The van der Waals surface area contributed by atoms with Crippen molar-refractivity contribution in [3.63, 3.8) is 0 Å². The summed E-state index contributed by atoms with van der Waals surface area (Å²) in [6.45, 7) is 8.54. The van der Waals surface area contributed by atoms with Crippen LogP contribution in [0.15, 0.2) is 11.4 Å². The van der Waals surface area contributed by atoms with Crippen molar-refractivity contribution in [3.05, 3.63) is 11.4 Å². The molecular formula is C14H22N2O3. The number of nitrogens with zero attached hydrogens (tertiary/aromatic N) is 1. The summed E-state index contributed by atoms with van der Waals surface area (Å²) in [7, 11) is 0. The summed E-state index contributed by atoms with van der Waals surface area (Å²) in [5, 5.41) is 2.77. The number of carbonyl (C=O) groups excluding carboxylic acids is 2. The maximum Gasteiger partial charge on any atom is 0.356 e. The van der Waals surface area contributed by atoms with Gasteiger partial charge >= 0.3 is 5.97 Å². The third kappa shape index (κ3) is 2.91. The third-order valence-electron chi connectivity index (χ3n) is 3.46. The van der Waals surface area contributed by atoms with Crippen molar-refractivity contribution in [3.8, 4) is 0 Å². The Morgan fingerprint density at radius 2 is 2.11 bits per heavy atom. The molecule has 2 aliphatic rings. The lowest BCUT2D eigenvalue weighted by Crippen LogP contribution is -2.38. The molecule has 0 bridgehead atoms. The van der Waals surface area contributed by atoms with Crippen LogP contribution < -0.4 is 5.32 Å². The fourth-order valence-corrected chi connectivity index (χ4v) is 2.22. The van der Waals surface area contributed by atoms with Gasteiger partial charge in [0.15, 0.2) is 0 Å². The van der Waals surface area contributed by atoms with E-state index in [2.05, 4.69) is 10.2 Å². The van der Waals surface area contributed by atoms with Crippen LogP contribution in [0.4, 0.5) is 0 Å². The molecule has 2 heterocycles. The summed E-state index contributed by atoms with van der Waals surface area (Å²) in [5.41, 5.74) is 0.734. The number of carbonyl (C=O) groups is 2. The Kier molecular flexibility index (Phi) is 3.56. The molecule has 2 rings (SSSR count). The van der Waals surface area contributed by atoms with Crippen molar-refractivity contribution >= 4 is 11.9 Å². The van der Waals surface area contributed by atoms with Gasteiger partial charge in [0.1, 0.15) is 5.70 Å². The smallest absolute Gasteiger partial charge is 0.356 e. The Morgan fingerprint density at radius 3 is 2.53 bits per heavy atom. The van der Waals surface area contributed by atoms with Gasteiger partial charge in [-0.25, -0.2) is 4.79 Å². The van der Waals surface area contributed by atoms with Crippen LogP contribution in [0.2, 0.25) is 0 Å². The molecule has 0 unspecified atom stereocenters. The summed E-state index contributed by atoms with van der Waals surface area (Å²) in [6.07, 6.45) is 1.90. The van der Waals surface area contributed by atoms with Gasteiger partial charge in [0.05, 0.1) is 6.61 Å². The zero-order valence-corrected chi connectivity index (χ0v) is 12.1. The fraction of sp³-hybridized carbons (Fsp3) is 0.714. The molecule has 2 fully saturated rings. The molecule has 0 radical (unpaired) electrons. The number of amides is 1. The van der Waals surface area contributed by atoms with Crippen molar-refractivity contribution in [2.75, 3.05) is 13.2 Å². The molecule has 2 aliphatic heterocycles. The minimum Gasteiger partial charge on any atom is -0.461 e. The molecular weight excluding hydrogens is 244 g/mol. The standard InChI is InChI=1S/C14H22N2O3/c1-5-19-12(17)11(15-13(18)14(2,3)4)10-7-6-9-8-16(9)10/h9H,5-8H2,1-4H3,(H,15,18)/b11-10+/t9-,16?/m0/s1. The van der Waals surface area contributed by atoms with Crippen molar-refractivity contribution in [2.45, 2.75) is 46.6 Å². The number of hydrogen-bond acceptors (Lipinski definition) is 4. The van der Waals surface area contributed by atoms with Crippen LogP contribution in [0.1, 0.15) is 40.5 Å². The SMILES string of the molecule is CCOC(=O)/C(NC(=O)C(C)(C)C)=C1/CC[C@H]2CN12. The predicted octanol–water partition coefficient (Wildman–Crippen LogP) is 1.40. The number of esters is 1. The number of piperidine rings is 1. The molecule has 0 aliphatic carbocycles. The summed E-state index contributed by atoms with van der Waals surface area (Å²) in [5.74, 6) is -0.587. The Hall–Kier alpha value is -1.52. The second kappa shape index (κ2) is 4.87. The van der Waals surface area contributed by atoms with E-state index in [9.17, 15) is 9.59 Å². The summed E-state index contributed by atoms with van der Waals surface area (Å²) in [6, 6.07) is 0.561. The molecule has 5 heteroatoms. The van der Waals surface area contributed by atoms with E-state index in [0.717, 1.165) is 25.1 Å². The summed E-state index contributed by atoms with van der Waals surface area (Å²) in [4.78, 5) is 26.3. The molecule has 0 spiro atoms. The number of nitrogens with one attached hydrogen (secondary N) is 1. The minimum absolute atomic E-state index is 0.159. The lowest BCUT2D eigenvalue weighted by atomic mass is 9.95. The van der Waals surface area contributed by atoms with E-state index < -0.39 is 11.4 Å². The van der Waals surface area contributed by atoms with Crippen LogP contribution in [0.3, 0.4) is 0 Å². The number of rotatable bonds is 3. The number of hydrogen-bond donors (Lipinski definition) is 1. The van der Waals surface area contributed by atoms with E-state index in [0.29, 0.717) is 18.3 Å². The Labute approximate surface area is 114 Å². The van der Waals surface area contributed by atoms with Crippen molar-refractivity contribution in [2.24, 2.45) is 5.41 Å². The average Bonchev–Trinajstić information content (AvgIpc) is 2.98. The molecule has 5 nitrogen and oxygen atoms in total. The molecule has 0 aromatic rings. The quantitative estimate of drug-likeness (QED) is 0.476. The first-order valence-electron chi connectivity index (χ1n) is 6.83. The van der Waals surface area contributed by atoms with E-state index in [1.807, 2.05) is 20.8 Å². The van der Waals surface area contributed by atoms with E-state index in [4.69, 9.17) is 4.74 Å². The van der Waals surface area contributed by atoms with E-state index in [1.54, 1.807) is 6.92 Å². The molecule has 106 valence electrons. The lowest BCUT2D eigenvalue weighted by molar-refractivity contribution is -0.141. The first-order chi connectivity index (χ1) is 8.84. The normalized spacial score (nSPS) is 23.8. The average molecular weight is 266 g/mol. The monoisotopic (exact) mass is 266 g/mol. The van der Waals surface area contributed by atoms with Gasteiger partial charge in [0.25, 0.3) is 0 Å². The number of allylic oxidation sites excluding steroid dienone is 1. The minimum atomic E-state index is -0.533. The van der Waals surface area contributed by atoms with E-state index in [-0.39, 0.29) is 5.91 Å². The number of fused-ring (bicyclic) bond motifs is 1. The maximum atomic E-state index is 12.1. The number of ether oxygens (including phenoxy) is 1. The first-order valence-corrected chi connectivity index (χ1v) is 6.83. The van der Waals surface area contributed by atoms with Crippen molar-refractivity contribution < 1.29 is 14.3 Å². The molecule has 0 aromatic carbocycles. The molecule has 1 atom stereocenters. The van der Waals surface area contributed by atoms with E-state index >= 15 is 0 Å². The van der Waals surface area contributed by atoms with Crippen LogP contribution in [0, 0.1) is 5.41 Å². The highest BCUT2D eigenvalue weighted by Crippen LogP contribution is 2.39. The van der Waals surface area contributed by atoms with Gasteiger partial charge in [0.2, 0.25) is 5.91 Å². The Balaban J connectivity index is 2.21. The Morgan fingerprint density at radius 1 is 1.42 bits per heavy atom. The van der Waals surface area contributed by atoms with E-state index in [1.165, 1.54) is 0 Å². The van der Waals surface area contributed by atoms with Crippen LogP contribution in [0.25, 0.3) is 0 Å². The van der Waals surface area contributed by atoms with Gasteiger partial charge in [-0.05, 0) is 19.8 Å². The Bertz CT molecular complexity index is 434. The molecule has 0 aromatic heterocycles. The van der Waals surface area contributed by atoms with Gasteiger partial charge in [-0.3, -0.25) is 4.79 Å². The summed E-state index contributed by atoms with van der Waals surface area (Å²) >= 11 is 0. The highest BCUT2D eigenvalue weighted by molar-refractivity contribution is 5.96. The third-order valence-corrected chi connectivity index (χ3v) is 3.46. The summed E-state index contributed by atoms with van der Waals surface area (Å²) < 4.78 is 5.06. The molecule has 19 heavy (non-hydrogen) atoms. The zero-order chi connectivity index (χ0) is 14.2. The molecule has 2 saturated heterocycles. The van der Waals surface area contributed by atoms with Crippen molar-refractivity contribution in [1.29, 1.82) is 0 Å². The van der Waals surface area contributed by atoms with Crippen LogP contribution in [-0.2, 0) is 14.3 Å². The van der Waals surface area contributed by atoms with Crippen LogP contribution in [0.5, 0.6) is 0 Å². The van der Waals surface area contributed by atoms with Gasteiger partial charge in [0, 0.05) is 23.7 Å². The maximum absolute atomic E-state index is 12.1. The molecule has 1 N–H and O–H groups in total. The fourth-order valence-electron chi connectivity index (χ4n) is 2.22. The van der Waals surface area contributed by atoms with Gasteiger partial charge in [-0.2, -0.15) is 0 Å². The second-order valence-corrected chi connectivity index (χ2v) is 6.09. The van der Waals surface area contributed by atoms with Gasteiger partial charge in [-0.1, -0.05) is 20.8 Å². The first kappa shape index (κ1) is 13.9. The van der Waals surface area contributed by atoms with Crippen LogP contribution in [-0.4, -0.2) is 36.0 Å². The molecule has 1 amide bonds. The highest BCUT2D eigenvalue weighted by Gasteiger charge is 2.44.